The molecule has 1 aromatic carbocycles. The highest BCUT2D eigenvalue weighted by atomic mass is 79.9. The molecule has 1 atom stereocenters. The Hall–Kier alpha value is -0.830. The molecule has 0 spiro atoms. The van der Waals surface area contributed by atoms with Gasteiger partial charge in [-0.25, -0.2) is 0 Å². The minimum Gasteiger partial charge on any atom is -0.336 e. The molecule has 0 aliphatic carbocycles. The standard InChI is InChI=1S/C13H16BrNO/c1-10(16)15-8-3-2-7-13(15)11-5-4-6-12(14)9-11/h4-6,9,13H,2-3,7-8H2,1H3. The topological polar surface area (TPSA) is 20.3 Å². The van der Waals surface area contributed by atoms with Crippen LogP contribution in [0, 0.1) is 0 Å². The van der Waals surface area contributed by atoms with Crippen molar-refractivity contribution in [3.8, 4) is 0 Å². The fourth-order valence-corrected chi connectivity index (χ4v) is 2.79. The van der Waals surface area contributed by atoms with Gasteiger partial charge in [0.15, 0.2) is 0 Å². The first-order valence-corrected chi connectivity index (χ1v) is 6.50. The lowest BCUT2D eigenvalue weighted by atomic mass is 9.95. The molecule has 0 aromatic heterocycles. The summed E-state index contributed by atoms with van der Waals surface area (Å²) >= 11 is 3.48. The molecule has 1 fully saturated rings. The van der Waals surface area contributed by atoms with Crippen LogP contribution >= 0.6 is 15.9 Å². The van der Waals surface area contributed by atoms with Crippen LogP contribution in [0.4, 0.5) is 0 Å². The van der Waals surface area contributed by atoms with Gasteiger partial charge in [0.1, 0.15) is 0 Å². The number of benzene rings is 1. The van der Waals surface area contributed by atoms with E-state index in [-0.39, 0.29) is 11.9 Å². The minimum absolute atomic E-state index is 0.185. The van der Waals surface area contributed by atoms with Crippen molar-refractivity contribution in [1.29, 1.82) is 0 Å². The predicted octanol–water partition coefficient (Wildman–Crippen LogP) is 3.52. The van der Waals surface area contributed by atoms with Crippen molar-refractivity contribution >= 4 is 21.8 Å². The normalized spacial score (nSPS) is 20.9. The summed E-state index contributed by atoms with van der Waals surface area (Å²) in [5.74, 6) is 0.185. The smallest absolute Gasteiger partial charge is 0.219 e. The average Bonchev–Trinajstić information content (AvgIpc) is 2.29. The highest BCUT2D eigenvalue weighted by Gasteiger charge is 2.25. The summed E-state index contributed by atoms with van der Waals surface area (Å²) in [5.41, 5.74) is 1.24. The average molecular weight is 282 g/mol. The quantitative estimate of drug-likeness (QED) is 0.771. The van der Waals surface area contributed by atoms with E-state index in [1.165, 1.54) is 12.0 Å². The lowest BCUT2D eigenvalue weighted by Crippen LogP contribution is -2.36. The Morgan fingerprint density at radius 2 is 2.25 bits per heavy atom. The third-order valence-corrected chi connectivity index (χ3v) is 3.63. The van der Waals surface area contributed by atoms with Crippen molar-refractivity contribution in [3.63, 3.8) is 0 Å². The van der Waals surface area contributed by atoms with Crippen LogP contribution in [0.15, 0.2) is 28.7 Å². The van der Waals surface area contributed by atoms with Crippen LogP contribution in [0.25, 0.3) is 0 Å². The summed E-state index contributed by atoms with van der Waals surface area (Å²) in [6.45, 7) is 2.56. The van der Waals surface area contributed by atoms with Crippen molar-refractivity contribution in [2.24, 2.45) is 0 Å². The Balaban J connectivity index is 2.26. The Kier molecular flexibility index (Phi) is 3.64. The van der Waals surface area contributed by atoms with Crippen molar-refractivity contribution in [2.75, 3.05) is 6.54 Å². The molecule has 0 N–H and O–H groups in total. The number of hydrogen-bond acceptors (Lipinski definition) is 1. The summed E-state index contributed by atoms with van der Waals surface area (Å²) < 4.78 is 1.08. The first kappa shape index (κ1) is 11.6. The minimum atomic E-state index is 0.185. The highest BCUT2D eigenvalue weighted by Crippen LogP contribution is 2.31. The molecule has 86 valence electrons. The Labute approximate surface area is 105 Å². The summed E-state index contributed by atoms with van der Waals surface area (Å²) in [4.78, 5) is 13.6. The number of amides is 1. The molecule has 0 bridgehead atoms. The molecule has 1 aliphatic rings. The van der Waals surface area contributed by atoms with Gasteiger partial charge >= 0.3 is 0 Å². The molecule has 16 heavy (non-hydrogen) atoms. The second-order valence-corrected chi connectivity index (χ2v) is 5.19. The maximum absolute atomic E-state index is 11.6. The molecule has 1 unspecified atom stereocenters. The zero-order valence-corrected chi connectivity index (χ0v) is 11.0. The van der Waals surface area contributed by atoms with Crippen LogP contribution in [0.1, 0.15) is 37.8 Å². The molecule has 2 rings (SSSR count). The van der Waals surface area contributed by atoms with Crippen molar-refractivity contribution in [1.82, 2.24) is 4.90 Å². The van der Waals surface area contributed by atoms with Gasteiger partial charge in [-0.1, -0.05) is 28.1 Å². The van der Waals surface area contributed by atoms with Crippen LogP contribution < -0.4 is 0 Å². The molecule has 1 amide bonds. The number of carbonyl (C=O) groups excluding carboxylic acids is 1. The van der Waals surface area contributed by atoms with Gasteiger partial charge in [0.25, 0.3) is 0 Å². The molecule has 2 nitrogen and oxygen atoms in total. The SMILES string of the molecule is CC(=O)N1CCCCC1c1cccc(Br)c1. The van der Waals surface area contributed by atoms with Gasteiger partial charge in [-0.15, -0.1) is 0 Å². The lowest BCUT2D eigenvalue weighted by Gasteiger charge is -2.35. The number of nitrogens with zero attached hydrogens (tertiary/aromatic N) is 1. The third-order valence-electron chi connectivity index (χ3n) is 3.14. The van der Waals surface area contributed by atoms with Gasteiger partial charge < -0.3 is 4.90 Å². The van der Waals surface area contributed by atoms with E-state index in [2.05, 4.69) is 28.1 Å². The van der Waals surface area contributed by atoms with Crippen LogP contribution in [-0.4, -0.2) is 17.4 Å². The number of likely N-dealkylation sites (tertiary alicyclic amines) is 1. The van der Waals surface area contributed by atoms with Crippen LogP contribution in [-0.2, 0) is 4.79 Å². The van der Waals surface area contributed by atoms with E-state index in [1.807, 2.05) is 17.0 Å². The maximum Gasteiger partial charge on any atom is 0.219 e. The number of carbonyl (C=O) groups is 1. The fraction of sp³-hybridized carbons (Fsp3) is 0.462. The van der Waals surface area contributed by atoms with Crippen LogP contribution in [0.3, 0.4) is 0 Å². The van der Waals surface area contributed by atoms with E-state index < -0.39 is 0 Å². The highest BCUT2D eigenvalue weighted by molar-refractivity contribution is 9.10. The summed E-state index contributed by atoms with van der Waals surface area (Å²) in [6, 6.07) is 8.54. The zero-order chi connectivity index (χ0) is 11.5. The number of piperidine rings is 1. The monoisotopic (exact) mass is 281 g/mol. The van der Waals surface area contributed by atoms with Crippen molar-refractivity contribution in [3.05, 3.63) is 34.3 Å². The second kappa shape index (κ2) is 5.00. The van der Waals surface area contributed by atoms with Gasteiger partial charge in [0.05, 0.1) is 6.04 Å². The summed E-state index contributed by atoms with van der Waals surface area (Å²) in [7, 11) is 0. The van der Waals surface area contributed by atoms with E-state index in [1.54, 1.807) is 6.92 Å². The number of hydrogen-bond donors (Lipinski definition) is 0. The fourth-order valence-electron chi connectivity index (χ4n) is 2.37. The first-order chi connectivity index (χ1) is 7.68. The molecule has 0 radical (unpaired) electrons. The maximum atomic E-state index is 11.6. The summed E-state index contributed by atoms with van der Waals surface area (Å²) in [6.07, 6.45) is 3.42. The molecule has 1 aliphatic heterocycles. The zero-order valence-electron chi connectivity index (χ0n) is 9.45. The van der Waals surface area contributed by atoms with Gasteiger partial charge in [0, 0.05) is 17.9 Å². The van der Waals surface area contributed by atoms with Gasteiger partial charge in [-0.3, -0.25) is 4.79 Å². The molecule has 1 aromatic rings. The molecular weight excluding hydrogens is 266 g/mol. The largest absolute Gasteiger partial charge is 0.336 e. The number of halogens is 1. The molecular formula is C13H16BrNO. The van der Waals surface area contributed by atoms with Gasteiger partial charge in [-0.05, 0) is 37.0 Å². The first-order valence-electron chi connectivity index (χ1n) is 5.71. The second-order valence-electron chi connectivity index (χ2n) is 4.28. The van der Waals surface area contributed by atoms with E-state index in [4.69, 9.17) is 0 Å². The Morgan fingerprint density at radius 3 is 2.94 bits per heavy atom. The predicted molar refractivity (Wildman–Crippen MR) is 68.1 cm³/mol. The van der Waals surface area contributed by atoms with Gasteiger partial charge in [0.2, 0.25) is 5.91 Å². The molecule has 1 saturated heterocycles. The Bertz CT molecular complexity index is 391. The van der Waals surface area contributed by atoms with E-state index in [9.17, 15) is 4.79 Å². The number of rotatable bonds is 1. The van der Waals surface area contributed by atoms with E-state index in [0.29, 0.717) is 0 Å². The van der Waals surface area contributed by atoms with Crippen LogP contribution in [0.2, 0.25) is 0 Å². The van der Waals surface area contributed by atoms with E-state index in [0.717, 1.165) is 23.9 Å². The van der Waals surface area contributed by atoms with Crippen LogP contribution in [0.5, 0.6) is 0 Å². The third kappa shape index (κ3) is 2.46. The van der Waals surface area contributed by atoms with E-state index >= 15 is 0 Å². The molecule has 0 saturated carbocycles. The molecule has 3 heteroatoms. The van der Waals surface area contributed by atoms with Gasteiger partial charge in [-0.2, -0.15) is 0 Å². The summed E-state index contributed by atoms with van der Waals surface area (Å²) in [5, 5.41) is 0. The Morgan fingerprint density at radius 1 is 1.44 bits per heavy atom. The lowest BCUT2D eigenvalue weighted by molar-refractivity contribution is -0.132. The van der Waals surface area contributed by atoms with Crippen molar-refractivity contribution in [2.45, 2.75) is 32.2 Å². The van der Waals surface area contributed by atoms with Crippen molar-refractivity contribution < 1.29 is 4.79 Å². The molecule has 1 heterocycles.